The van der Waals surface area contributed by atoms with Gasteiger partial charge < -0.3 is 10.5 Å². The second-order valence-corrected chi connectivity index (χ2v) is 5.86. The van der Waals surface area contributed by atoms with Gasteiger partial charge in [-0.15, -0.1) is 0 Å². The van der Waals surface area contributed by atoms with Crippen LogP contribution in [0.4, 0.5) is 0 Å². The molecule has 0 spiro atoms. The van der Waals surface area contributed by atoms with Crippen LogP contribution in [0.25, 0.3) is 0 Å². The molecule has 0 aliphatic heterocycles. The number of hydrogen-bond donors (Lipinski definition) is 1. The van der Waals surface area contributed by atoms with Crippen LogP contribution < -0.4 is 10.5 Å². The Morgan fingerprint density at radius 3 is 2.62 bits per heavy atom. The van der Waals surface area contributed by atoms with E-state index in [0.717, 1.165) is 33.3 Å². The summed E-state index contributed by atoms with van der Waals surface area (Å²) in [4.78, 5) is 8.63. The predicted octanol–water partition coefficient (Wildman–Crippen LogP) is 3.50. The Labute approximate surface area is 130 Å². The second-order valence-electron chi connectivity index (χ2n) is 4.92. The molecule has 2 N–H and O–H groups in total. The number of thioether (sulfide) groups is 1. The van der Waals surface area contributed by atoms with Crippen molar-refractivity contribution in [1.29, 1.82) is 0 Å². The SMILES string of the molecule is CCOc1ccc(C(C)N)cc1CSc1ncc(C)cn1. The average Bonchev–Trinajstić information content (AvgIpc) is 2.48. The molecule has 0 saturated carbocycles. The molecule has 1 heterocycles. The molecular formula is C16H21N3OS. The molecule has 0 fully saturated rings. The van der Waals surface area contributed by atoms with E-state index < -0.39 is 0 Å². The first-order valence-electron chi connectivity index (χ1n) is 7.02. The fourth-order valence-corrected chi connectivity index (χ4v) is 2.65. The van der Waals surface area contributed by atoms with Crippen molar-refractivity contribution in [2.24, 2.45) is 5.73 Å². The molecule has 2 rings (SSSR count). The van der Waals surface area contributed by atoms with Crippen LogP contribution in [-0.2, 0) is 5.75 Å². The Kier molecular flexibility index (Phi) is 5.59. The van der Waals surface area contributed by atoms with Gasteiger partial charge in [0.15, 0.2) is 5.16 Å². The van der Waals surface area contributed by atoms with Crippen LogP contribution in [0.1, 0.15) is 36.6 Å². The summed E-state index contributed by atoms with van der Waals surface area (Å²) in [5.41, 5.74) is 9.26. The van der Waals surface area contributed by atoms with Gasteiger partial charge in [-0.05, 0) is 44.0 Å². The normalized spacial score (nSPS) is 12.2. The third-order valence-corrected chi connectivity index (χ3v) is 3.95. The van der Waals surface area contributed by atoms with E-state index in [-0.39, 0.29) is 6.04 Å². The van der Waals surface area contributed by atoms with Crippen molar-refractivity contribution in [3.05, 3.63) is 47.3 Å². The van der Waals surface area contributed by atoms with Gasteiger partial charge in [-0.1, -0.05) is 17.8 Å². The van der Waals surface area contributed by atoms with Gasteiger partial charge in [-0.2, -0.15) is 0 Å². The smallest absolute Gasteiger partial charge is 0.187 e. The Morgan fingerprint density at radius 2 is 2.00 bits per heavy atom. The molecule has 1 atom stereocenters. The van der Waals surface area contributed by atoms with Crippen molar-refractivity contribution < 1.29 is 4.74 Å². The van der Waals surface area contributed by atoms with E-state index in [0.29, 0.717) is 6.61 Å². The first-order chi connectivity index (χ1) is 10.1. The lowest BCUT2D eigenvalue weighted by atomic mass is 10.1. The highest BCUT2D eigenvalue weighted by molar-refractivity contribution is 7.98. The zero-order valence-corrected chi connectivity index (χ0v) is 13.5. The number of nitrogens with two attached hydrogens (primary N) is 1. The summed E-state index contributed by atoms with van der Waals surface area (Å²) in [7, 11) is 0. The highest BCUT2D eigenvalue weighted by Crippen LogP contribution is 2.28. The number of aromatic nitrogens is 2. The summed E-state index contributed by atoms with van der Waals surface area (Å²) < 4.78 is 5.68. The van der Waals surface area contributed by atoms with Crippen LogP contribution in [0.5, 0.6) is 5.75 Å². The zero-order chi connectivity index (χ0) is 15.2. The van der Waals surface area contributed by atoms with Crippen LogP contribution in [0.15, 0.2) is 35.7 Å². The molecule has 2 aromatic rings. The van der Waals surface area contributed by atoms with E-state index in [2.05, 4.69) is 16.0 Å². The van der Waals surface area contributed by atoms with Gasteiger partial charge in [0.1, 0.15) is 5.75 Å². The van der Waals surface area contributed by atoms with Crippen molar-refractivity contribution in [3.8, 4) is 5.75 Å². The summed E-state index contributed by atoms with van der Waals surface area (Å²) in [6, 6.07) is 6.14. The molecule has 112 valence electrons. The molecule has 1 aromatic carbocycles. The Balaban J connectivity index is 2.16. The maximum atomic E-state index is 5.96. The first-order valence-corrected chi connectivity index (χ1v) is 8.01. The predicted molar refractivity (Wildman–Crippen MR) is 86.5 cm³/mol. The Bertz CT molecular complexity index is 585. The summed E-state index contributed by atoms with van der Waals surface area (Å²) >= 11 is 1.60. The van der Waals surface area contributed by atoms with Crippen LogP contribution in [0.3, 0.4) is 0 Å². The van der Waals surface area contributed by atoms with Gasteiger partial charge >= 0.3 is 0 Å². The standard InChI is InChI=1S/C16H21N3OS/c1-4-20-15-6-5-13(12(3)17)7-14(15)10-21-16-18-8-11(2)9-19-16/h5-9,12H,4,10,17H2,1-3H3. The van der Waals surface area contributed by atoms with Crippen molar-refractivity contribution in [2.75, 3.05) is 6.61 Å². The van der Waals surface area contributed by atoms with Gasteiger partial charge in [0, 0.05) is 29.8 Å². The van der Waals surface area contributed by atoms with Gasteiger partial charge in [0.25, 0.3) is 0 Å². The largest absolute Gasteiger partial charge is 0.494 e. The lowest BCUT2D eigenvalue weighted by Gasteiger charge is -2.13. The molecule has 1 unspecified atom stereocenters. The van der Waals surface area contributed by atoms with Crippen molar-refractivity contribution in [1.82, 2.24) is 9.97 Å². The Morgan fingerprint density at radius 1 is 1.29 bits per heavy atom. The van der Waals surface area contributed by atoms with Gasteiger partial charge in [0.05, 0.1) is 6.61 Å². The van der Waals surface area contributed by atoms with E-state index in [1.54, 1.807) is 11.8 Å². The highest BCUT2D eigenvalue weighted by atomic mass is 32.2. The first kappa shape index (κ1) is 15.8. The summed E-state index contributed by atoms with van der Waals surface area (Å²) in [5, 5.41) is 0.772. The highest BCUT2D eigenvalue weighted by Gasteiger charge is 2.09. The number of hydrogen-bond acceptors (Lipinski definition) is 5. The minimum absolute atomic E-state index is 0.0139. The van der Waals surface area contributed by atoms with Crippen LogP contribution in [0.2, 0.25) is 0 Å². The molecule has 0 saturated heterocycles. The van der Waals surface area contributed by atoms with Gasteiger partial charge in [-0.25, -0.2) is 9.97 Å². The second kappa shape index (κ2) is 7.43. The van der Waals surface area contributed by atoms with Crippen molar-refractivity contribution in [2.45, 2.75) is 37.7 Å². The fourth-order valence-electron chi connectivity index (χ4n) is 1.89. The van der Waals surface area contributed by atoms with Gasteiger partial charge in [-0.3, -0.25) is 0 Å². The zero-order valence-electron chi connectivity index (χ0n) is 12.7. The minimum Gasteiger partial charge on any atom is -0.494 e. The third-order valence-electron chi connectivity index (χ3n) is 3.02. The van der Waals surface area contributed by atoms with Crippen molar-refractivity contribution in [3.63, 3.8) is 0 Å². The number of aryl methyl sites for hydroxylation is 1. The number of benzene rings is 1. The molecule has 1 aromatic heterocycles. The molecule has 0 aliphatic carbocycles. The molecule has 0 amide bonds. The summed E-state index contributed by atoms with van der Waals surface area (Å²) in [5.74, 6) is 1.67. The van der Waals surface area contributed by atoms with Gasteiger partial charge in [0.2, 0.25) is 0 Å². The fraction of sp³-hybridized carbons (Fsp3) is 0.375. The van der Waals surface area contributed by atoms with Crippen LogP contribution >= 0.6 is 11.8 Å². The monoisotopic (exact) mass is 303 g/mol. The van der Waals surface area contributed by atoms with E-state index >= 15 is 0 Å². The molecule has 0 radical (unpaired) electrons. The number of ether oxygens (including phenoxy) is 1. The van der Waals surface area contributed by atoms with E-state index in [4.69, 9.17) is 10.5 Å². The molecule has 5 heteroatoms. The average molecular weight is 303 g/mol. The lowest BCUT2D eigenvalue weighted by Crippen LogP contribution is -2.06. The maximum Gasteiger partial charge on any atom is 0.187 e. The number of rotatable bonds is 6. The summed E-state index contributed by atoms with van der Waals surface area (Å²) in [6.45, 7) is 6.60. The minimum atomic E-state index is 0.0139. The molecule has 4 nitrogen and oxygen atoms in total. The van der Waals surface area contributed by atoms with Crippen LogP contribution in [0, 0.1) is 6.92 Å². The quantitative estimate of drug-likeness (QED) is 0.654. The molecule has 0 bridgehead atoms. The number of nitrogens with zero attached hydrogens (tertiary/aromatic N) is 2. The lowest BCUT2D eigenvalue weighted by molar-refractivity contribution is 0.337. The third kappa shape index (κ3) is 4.44. The van der Waals surface area contributed by atoms with E-state index in [1.165, 1.54) is 0 Å². The van der Waals surface area contributed by atoms with Crippen LogP contribution in [-0.4, -0.2) is 16.6 Å². The van der Waals surface area contributed by atoms with E-state index in [1.807, 2.05) is 45.3 Å². The summed E-state index contributed by atoms with van der Waals surface area (Å²) in [6.07, 6.45) is 3.66. The Hall–Kier alpha value is -1.59. The van der Waals surface area contributed by atoms with E-state index in [9.17, 15) is 0 Å². The molecular weight excluding hydrogens is 282 g/mol. The topological polar surface area (TPSA) is 61.0 Å². The molecule has 21 heavy (non-hydrogen) atoms. The van der Waals surface area contributed by atoms with Crippen molar-refractivity contribution >= 4 is 11.8 Å². The molecule has 0 aliphatic rings. The maximum absolute atomic E-state index is 5.96.